The van der Waals surface area contributed by atoms with Crippen molar-refractivity contribution in [3.63, 3.8) is 0 Å². The zero-order chi connectivity index (χ0) is 20.9. The number of halogens is 1. The van der Waals surface area contributed by atoms with Crippen LogP contribution in [0.3, 0.4) is 0 Å². The summed E-state index contributed by atoms with van der Waals surface area (Å²) in [4.78, 5) is 24.2. The van der Waals surface area contributed by atoms with Crippen LogP contribution in [-0.2, 0) is 11.3 Å². The van der Waals surface area contributed by atoms with Gasteiger partial charge in [-0.1, -0.05) is 24.3 Å². The first-order chi connectivity index (χ1) is 14.6. The molecular formula is C21H27FN6O2. The number of aromatic nitrogens is 2. The lowest BCUT2D eigenvalue weighted by atomic mass is 10.1. The van der Waals surface area contributed by atoms with Gasteiger partial charge in [-0.05, 0) is 24.1 Å². The van der Waals surface area contributed by atoms with Crippen LogP contribution in [0.15, 0.2) is 36.5 Å². The molecule has 4 rings (SSSR count). The van der Waals surface area contributed by atoms with Gasteiger partial charge in [0.05, 0.1) is 6.04 Å². The molecule has 2 aliphatic rings. The lowest BCUT2D eigenvalue weighted by molar-refractivity contribution is 0.177. The van der Waals surface area contributed by atoms with E-state index in [9.17, 15) is 9.18 Å². The number of rotatable bonds is 7. The average Bonchev–Trinajstić information content (AvgIpc) is 3.15. The van der Waals surface area contributed by atoms with Gasteiger partial charge in [0, 0.05) is 38.9 Å². The Kier molecular flexibility index (Phi) is 6.39. The first-order valence-electron chi connectivity index (χ1n) is 10.3. The van der Waals surface area contributed by atoms with Gasteiger partial charge >= 0.3 is 6.09 Å². The molecule has 1 aromatic carbocycles. The molecule has 1 amide bonds. The predicted octanol–water partition coefficient (Wildman–Crippen LogP) is 2.35. The van der Waals surface area contributed by atoms with Crippen LogP contribution in [0, 0.1) is 0 Å². The number of cyclic esters (lactones) is 1. The van der Waals surface area contributed by atoms with E-state index in [2.05, 4.69) is 49.8 Å². The van der Waals surface area contributed by atoms with Crippen molar-refractivity contribution in [3.05, 3.63) is 47.7 Å². The van der Waals surface area contributed by atoms with Crippen LogP contribution in [0.1, 0.15) is 24.1 Å². The van der Waals surface area contributed by atoms with E-state index in [1.807, 2.05) is 6.92 Å². The monoisotopic (exact) mass is 414 g/mol. The largest absolute Gasteiger partial charge is 0.447 e. The Morgan fingerprint density at radius 2 is 2.03 bits per heavy atom. The third-order valence-corrected chi connectivity index (χ3v) is 5.47. The molecule has 8 nitrogen and oxygen atoms in total. The number of hydrogen-bond donors (Lipinski definition) is 2. The fourth-order valence-corrected chi connectivity index (χ4v) is 3.72. The number of ether oxygens (including phenoxy) is 1. The van der Waals surface area contributed by atoms with Crippen molar-refractivity contribution in [3.8, 4) is 0 Å². The Morgan fingerprint density at radius 1 is 1.27 bits per heavy atom. The highest BCUT2D eigenvalue weighted by molar-refractivity contribution is 5.89. The van der Waals surface area contributed by atoms with E-state index < -0.39 is 18.8 Å². The van der Waals surface area contributed by atoms with Crippen molar-refractivity contribution in [1.29, 1.82) is 0 Å². The van der Waals surface area contributed by atoms with Crippen molar-refractivity contribution in [2.45, 2.75) is 25.6 Å². The summed E-state index contributed by atoms with van der Waals surface area (Å²) in [7, 11) is 0. The third-order valence-electron chi connectivity index (χ3n) is 5.47. The Balaban J connectivity index is 1.40. The molecule has 0 saturated carbocycles. The van der Waals surface area contributed by atoms with E-state index in [1.54, 1.807) is 12.3 Å². The second-order valence-electron chi connectivity index (χ2n) is 7.63. The van der Waals surface area contributed by atoms with E-state index in [0.717, 1.165) is 38.3 Å². The average molecular weight is 414 g/mol. The molecule has 2 saturated heterocycles. The van der Waals surface area contributed by atoms with Crippen molar-refractivity contribution < 1.29 is 13.9 Å². The molecule has 0 radical (unpaired) electrons. The minimum Gasteiger partial charge on any atom is -0.447 e. The second kappa shape index (κ2) is 9.36. The van der Waals surface area contributed by atoms with Gasteiger partial charge in [0.1, 0.15) is 25.1 Å². The van der Waals surface area contributed by atoms with E-state index in [0.29, 0.717) is 11.8 Å². The highest BCUT2D eigenvalue weighted by Crippen LogP contribution is 2.24. The Hall–Kier alpha value is -2.78. The highest BCUT2D eigenvalue weighted by atomic mass is 19.1. The first kappa shape index (κ1) is 20.5. The molecule has 1 aromatic heterocycles. The second-order valence-corrected chi connectivity index (χ2v) is 7.63. The van der Waals surface area contributed by atoms with Crippen LogP contribution in [-0.4, -0.2) is 66.5 Å². The van der Waals surface area contributed by atoms with Crippen LogP contribution in [0.25, 0.3) is 0 Å². The zero-order valence-electron chi connectivity index (χ0n) is 17.1. The SMILES string of the molecule is C[C@H](Nc1nccc(N2C(=O)OCC2CF)n1)c1ccc(CN2CCNCC2)cc1. The number of amides is 1. The Labute approximate surface area is 175 Å². The Morgan fingerprint density at radius 3 is 2.77 bits per heavy atom. The Bertz CT molecular complexity index is 859. The van der Waals surface area contributed by atoms with Crippen LogP contribution in [0.4, 0.5) is 21.0 Å². The third kappa shape index (κ3) is 4.68. The molecule has 2 atom stereocenters. The number of nitrogens with zero attached hydrogens (tertiary/aromatic N) is 4. The molecule has 30 heavy (non-hydrogen) atoms. The molecular weight excluding hydrogens is 387 g/mol. The van der Waals surface area contributed by atoms with Crippen molar-refractivity contribution >= 4 is 17.9 Å². The lowest BCUT2D eigenvalue weighted by Crippen LogP contribution is -2.42. The number of carbonyl (C=O) groups is 1. The number of carbonyl (C=O) groups excluding carboxylic acids is 1. The molecule has 0 bridgehead atoms. The summed E-state index contributed by atoms with van der Waals surface area (Å²) in [5, 5.41) is 6.63. The van der Waals surface area contributed by atoms with E-state index in [4.69, 9.17) is 4.74 Å². The summed E-state index contributed by atoms with van der Waals surface area (Å²) in [6, 6.07) is 9.41. The zero-order valence-corrected chi connectivity index (χ0v) is 17.1. The van der Waals surface area contributed by atoms with E-state index >= 15 is 0 Å². The number of anilines is 2. The van der Waals surface area contributed by atoms with Gasteiger partial charge in [-0.25, -0.2) is 14.2 Å². The lowest BCUT2D eigenvalue weighted by Gasteiger charge is -2.27. The van der Waals surface area contributed by atoms with Gasteiger partial charge < -0.3 is 15.4 Å². The first-order valence-corrected chi connectivity index (χ1v) is 10.3. The molecule has 3 heterocycles. The molecule has 9 heteroatoms. The van der Waals surface area contributed by atoms with Gasteiger partial charge in [-0.15, -0.1) is 0 Å². The normalized spacial score (nSPS) is 20.8. The number of hydrogen-bond acceptors (Lipinski definition) is 7. The van der Waals surface area contributed by atoms with Crippen molar-refractivity contribution in [2.75, 3.05) is 49.7 Å². The van der Waals surface area contributed by atoms with E-state index in [-0.39, 0.29) is 12.6 Å². The van der Waals surface area contributed by atoms with Gasteiger partial charge in [0.25, 0.3) is 0 Å². The number of nitrogens with one attached hydrogen (secondary N) is 2. The minimum atomic E-state index is -0.685. The van der Waals surface area contributed by atoms with Crippen LogP contribution < -0.4 is 15.5 Å². The molecule has 0 spiro atoms. The smallest absolute Gasteiger partial charge is 0.416 e. The van der Waals surface area contributed by atoms with Crippen LogP contribution in [0.5, 0.6) is 0 Å². The molecule has 160 valence electrons. The molecule has 2 fully saturated rings. The van der Waals surface area contributed by atoms with Crippen LogP contribution >= 0.6 is 0 Å². The molecule has 2 N–H and O–H groups in total. The molecule has 0 aliphatic carbocycles. The van der Waals surface area contributed by atoms with Gasteiger partial charge in [-0.2, -0.15) is 4.98 Å². The molecule has 2 aliphatic heterocycles. The summed E-state index contributed by atoms with van der Waals surface area (Å²) in [5.41, 5.74) is 2.39. The fraction of sp³-hybridized carbons (Fsp3) is 0.476. The summed E-state index contributed by atoms with van der Waals surface area (Å²) in [6.07, 6.45) is 0.963. The standard InChI is InChI=1S/C21H27FN6O2/c1-15(17-4-2-16(3-5-17)13-27-10-8-23-9-11-27)25-20-24-7-6-19(26-20)28-18(12-22)14-30-21(28)29/h2-7,15,18,23H,8-14H2,1H3,(H,24,25,26)/t15-,18?/m0/s1. The molecule has 1 unspecified atom stereocenters. The maximum atomic E-state index is 13.2. The van der Waals surface area contributed by atoms with Crippen molar-refractivity contribution in [1.82, 2.24) is 20.2 Å². The summed E-state index contributed by atoms with van der Waals surface area (Å²) < 4.78 is 18.1. The predicted molar refractivity (Wildman–Crippen MR) is 112 cm³/mol. The van der Waals surface area contributed by atoms with Gasteiger partial charge in [0.15, 0.2) is 0 Å². The topological polar surface area (TPSA) is 82.6 Å². The number of alkyl halides is 1. The highest BCUT2D eigenvalue weighted by Gasteiger charge is 2.35. The number of benzene rings is 1. The van der Waals surface area contributed by atoms with Gasteiger partial charge in [-0.3, -0.25) is 9.80 Å². The minimum absolute atomic E-state index is 0.0266. The summed E-state index contributed by atoms with van der Waals surface area (Å²) >= 11 is 0. The maximum Gasteiger partial charge on any atom is 0.416 e. The summed E-state index contributed by atoms with van der Waals surface area (Å²) in [6.45, 7) is 6.54. The molecule has 2 aromatic rings. The quantitative estimate of drug-likeness (QED) is 0.720. The maximum absolute atomic E-state index is 13.2. The fourth-order valence-electron chi connectivity index (χ4n) is 3.72. The van der Waals surface area contributed by atoms with Crippen LogP contribution in [0.2, 0.25) is 0 Å². The van der Waals surface area contributed by atoms with Gasteiger partial charge in [0.2, 0.25) is 5.95 Å². The summed E-state index contributed by atoms with van der Waals surface area (Å²) in [5.74, 6) is 0.707. The number of piperazine rings is 1. The van der Waals surface area contributed by atoms with Crippen molar-refractivity contribution in [2.24, 2.45) is 0 Å². The van der Waals surface area contributed by atoms with E-state index in [1.165, 1.54) is 10.5 Å².